The van der Waals surface area contributed by atoms with Gasteiger partial charge in [-0.05, 0) is 36.6 Å². The summed E-state index contributed by atoms with van der Waals surface area (Å²) >= 11 is 5.96. The van der Waals surface area contributed by atoms with Crippen molar-refractivity contribution < 1.29 is 9.53 Å². The van der Waals surface area contributed by atoms with Crippen LogP contribution in [0.15, 0.2) is 18.2 Å². The molecule has 0 aliphatic heterocycles. The van der Waals surface area contributed by atoms with Crippen LogP contribution < -0.4 is 11.1 Å². The van der Waals surface area contributed by atoms with Gasteiger partial charge in [0.25, 0.3) is 0 Å². The Morgan fingerprint density at radius 1 is 1.47 bits per heavy atom. The first-order valence-corrected chi connectivity index (χ1v) is 6.69. The van der Waals surface area contributed by atoms with E-state index in [4.69, 9.17) is 17.3 Å². The number of halogens is 1. The number of hydrogen-bond donors (Lipinski definition) is 2. The minimum absolute atomic E-state index is 0.364. The van der Waals surface area contributed by atoms with E-state index in [1.807, 2.05) is 6.07 Å². The van der Waals surface area contributed by atoms with Gasteiger partial charge in [0.2, 0.25) is 0 Å². The SMILES string of the molecule is COC(=O)c1cc(NCC(CN)C(C)C)ccc1Cl. The maximum atomic E-state index is 11.5. The first kappa shape index (κ1) is 15.8. The molecule has 1 atom stereocenters. The van der Waals surface area contributed by atoms with Gasteiger partial charge in [-0.1, -0.05) is 25.4 Å². The van der Waals surface area contributed by atoms with Crippen molar-refractivity contribution in [2.75, 3.05) is 25.5 Å². The number of esters is 1. The Hall–Kier alpha value is -1.26. The molecular weight excluding hydrogens is 264 g/mol. The summed E-state index contributed by atoms with van der Waals surface area (Å²) in [5.74, 6) is 0.454. The topological polar surface area (TPSA) is 64.3 Å². The monoisotopic (exact) mass is 284 g/mol. The highest BCUT2D eigenvalue weighted by Gasteiger charge is 2.13. The molecule has 0 spiro atoms. The first-order chi connectivity index (χ1) is 8.99. The van der Waals surface area contributed by atoms with Crippen LogP contribution in [0.4, 0.5) is 5.69 Å². The third-order valence-electron chi connectivity index (χ3n) is 3.19. The van der Waals surface area contributed by atoms with Crippen molar-refractivity contribution in [3.05, 3.63) is 28.8 Å². The summed E-state index contributed by atoms with van der Waals surface area (Å²) in [7, 11) is 1.34. The molecule has 0 fully saturated rings. The Morgan fingerprint density at radius 2 is 2.16 bits per heavy atom. The van der Waals surface area contributed by atoms with Gasteiger partial charge < -0.3 is 15.8 Å². The molecule has 1 rings (SSSR count). The summed E-state index contributed by atoms with van der Waals surface area (Å²) in [5.41, 5.74) is 6.93. The average molecular weight is 285 g/mol. The van der Waals surface area contributed by atoms with Crippen molar-refractivity contribution in [3.8, 4) is 0 Å². The van der Waals surface area contributed by atoms with Crippen LogP contribution >= 0.6 is 11.6 Å². The van der Waals surface area contributed by atoms with Gasteiger partial charge in [-0.2, -0.15) is 0 Å². The molecule has 5 heteroatoms. The molecule has 0 heterocycles. The van der Waals surface area contributed by atoms with Crippen molar-refractivity contribution in [3.63, 3.8) is 0 Å². The standard InChI is InChI=1S/C14H21ClN2O2/c1-9(2)10(7-16)8-17-11-4-5-13(15)12(6-11)14(18)19-3/h4-6,9-10,17H,7-8,16H2,1-3H3. The van der Waals surface area contributed by atoms with Gasteiger partial charge >= 0.3 is 5.97 Å². The van der Waals surface area contributed by atoms with Crippen LogP contribution in [0, 0.1) is 11.8 Å². The Kier molecular flexibility index (Phi) is 6.12. The normalized spacial score (nSPS) is 12.3. The van der Waals surface area contributed by atoms with Crippen LogP contribution in [-0.2, 0) is 4.74 Å². The summed E-state index contributed by atoms with van der Waals surface area (Å²) < 4.78 is 4.69. The van der Waals surface area contributed by atoms with E-state index in [-0.39, 0.29) is 0 Å². The summed E-state index contributed by atoms with van der Waals surface area (Å²) in [5, 5.41) is 3.66. The summed E-state index contributed by atoms with van der Waals surface area (Å²) in [6.45, 7) is 5.67. The molecule has 1 unspecified atom stereocenters. The molecule has 0 aliphatic carbocycles. The van der Waals surface area contributed by atoms with E-state index in [1.165, 1.54) is 7.11 Å². The van der Waals surface area contributed by atoms with E-state index in [1.54, 1.807) is 12.1 Å². The van der Waals surface area contributed by atoms with Gasteiger partial charge in [-0.25, -0.2) is 4.79 Å². The zero-order valence-corrected chi connectivity index (χ0v) is 12.3. The zero-order chi connectivity index (χ0) is 14.4. The molecule has 0 bridgehead atoms. The number of methoxy groups -OCH3 is 1. The Bertz CT molecular complexity index is 435. The van der Waals surface area contributed by atoms with Gasteiger partial charge in [-0.3, -0.25) is 0 Å². The molecule has 0 amide bonds. The lowest BCUT2D eigenvalue weighted by molar-refractivity contribution is 0.0601. The van der Waals surface area contributed by atoms with E-state index < -0.39 is 5.97 Å². The summed E-state index contributed by atoms with van der Waals surface area (Å²) in [4.78, 5) is 11.5. The molecule has 0 aliphatic rings. The lowest BCUT2D eigenvalue weighted by Gasteiger charge is -2.20. The van der Waals surface area contributed by atoms with Gasteiger partial charge in [0.1, 0.15) is 0 Å². The van der Waals surface area contributed by atoms with Gasteiger partial charge in [-0.15, -0.1) is 0 Å². The van der Waals surface area contributed by atoms with Crippen LogP contribution in [0.3, 0.4) is 0 Å². The molecule has 0 radical (unpaired) electrons. The molecule has 19 heavy (non-hydrogen) atoms. The second-order valence-corrected chi connectivity index (χ2v) is 5.21. The van der Waals surface area contributed by atoms with E-state index in [0.717, 1.165) is 12.2 Å². The first-order valence-electron chi connectivity index (χ1n) is 6.31. The van der Waals surface area contributed by atoms with Crippen molar-refractivity contribution in [1.29, 1.82) is 0 Å². The highest BCUT2D eigenvalue weighted by Crippen LogP contribution is 2.22. The van der Waals surface area contributed by atoms with Crippen LogP contribution in [0.2, 0.25) is 5.02 Å². The minimum atomic E-state index is -0.437. The smallest absolute Gasteiger partial charge is 0.339 e. The Balaban J connectivity index is 2.77. The molecule has 106 valence electrons. The van der Waals surface area contributed by atoms with E-state index in [0.29, 0.717) is 29.0 Å². The number of nitrogens with one attached hydrogen (secondary N) is 1. The van der Waals surface area contributed by atoms with Crippen LogP contribution in [-0.4, -0.2) is 26.2 Å². The number of ether oxygens (including phenoxy) is 1. The molecule has 1 aromatic rings. The predicted molar refractivity (Wildman–Crippen MR) is 78.7 cm³/mol. The third-order valence-corrected chi connectivity index (χ3v) is 3.52. The van der Waals surface area contributed by atoms with Gasteiger partial charge in [0.05, 0.1) is 17.7 Å². The fourth-order valence-electron chi connectivity index (χ4n) is 1.74. The number of nitrogens with two attached hydrogens (primary N) is 1. The van der Waals surface area contributed by atoms with Crippen molar-refractivity contribution >= 4 is 23.3 Å². The highest BCUT2D eigenvalue weighted by molar-refractivity contribution is 6.33. The number of rotatable bonds is 6. The molecule has 4 nitrogen and oxygen atoms in total. The number of anilines is 1. The molecule has 1 aromatic carbocycles. The quantitative estimate of drug-likeness (QED) is 0.789. The highest BCUT2D eigenvalue weighted by atomic mass is 35.5. The molecule has 3 N–H and O–H groups in total. The third kappa shape index (κ3) is 4.40. The van der Waals surface area contributed by atoms with Crippen LogP contribution in [0.1, 0.15) is 24.2 Å². The fourth-order valence-corrected chi connectivity index (χ4v) is 1.94. The van der Waals surface area contributed by atoms with Crippen LogP contribution in [0.25, 0.3) is 0 Å². The minimum Gasteiger partial charge on any atom is -0.465 e. The number of carbonyl (C=O) groups excluding carboxylic acids is 1. The van der Waals surface area contributed by atoms with E-state index >= 15 is 0 Å². The molecule has 0 saturated heterocycles. The van der Waals surface area contributed by atoms with E-state index in [2.05, 4.69) is 23.9 Å². The second-order valence-electron chi connectivity index (χ2n) is 4.81. The largest absolute Gasteiger partial charge is 0.465 e. The molecular formula is C14H21ClN2O2. The van der Waals surface area contributed by atoms with Crippen molar-refractivity contribution in [2.45, 2.75) is 13.8 Å². The maximum Gasteiger partial charge on any atom is 0.339 e. The van der Waals surface area contributed by atoms with Crippen molar-refractivity contribution in [1.82, 2.24) is 0 Å². The van der Waals surface area contributed by atoms with Gasteiger partial charge in [0, 0.05) is 12.2 Å². The fraction of sp³-hybridized carbons (Fsp3) is 0.500. The Morgan fingerprint density at radius 3 is 2.68 bits per heavy atom. The molecule has 0 saturated carbocycles. The van der Waals surface area contributed by atoms with E-state index in [9.17, 15) is 4.79 Å². The predicted octanol–water partition coefficient (Wildman–Crippen LogP) is 2.77. The number of carbonyl (C=O) groups is 1. The van der Waals surface area contributed by atoms with Crippen molar-refractivity contribution in [2.24, 2.45) is 17.6 Å². The summed E-state index contributed by atoms with van der Waals surface area (Å²) in [6.07, 6.45) is 0. The van der Waals surface area contributed by atoms with Crippen LogP contribution in [0.5, 0.6) is 0 Å². The average Bonchev–Trinajstić information content (AvgIpc) is 2.40. The number of hydrogen-bond acceptors (Lipinski definition) is 4. The lowest BCUT2D eigenvalue weighted by atomic mass is 9.96. The zero-order valence-electron chi connectivity index (χ0n) is 11.6. The maximum absolute atomic E-state index is 11.5. The second kappa shape index (κ2) is 7.36. The Labute approximate surface area is 119 Å². The van der Waals surface area contributed by atoms with Gasteiger partial charge in [0.15, 0.2) is 0 Å². The lowest BCUT2D eigenvalue weighted by Crippen LogP contribution is -2.27. The summed E-state index contributed by atoms with van der Waals surface area (Å²) in [6, 6.07) is 5.22. The number of benzene rings is 1. The molecule has 0 aromatic heterocycles.